The zero-order valence-electron chi connectivity index (χ0n) is 12.3. The highest BCUT2D eigenvalue weighted by atomic mass is 35.5. The third kappa shape index (κ3) is 2.78. The Hall–Kier alpha value is -1.51. The smallest absolute Gasteiger partial charge is 0.0645 e. The zero-order valence-corrected chi connectivity index (χ0v) is 13.1. The minimum Gasteiger partial charge on any atom is -0.340 e. The molecule has 1 atom stereocenters. The maximum atomic E-state index is 6.53. The van der Waals surface area contributed by atoms with Gasteiger partial charge in [-0.05, 0) is 48.6 Å². The van der Waals surface area contributed by atoms with Gasteiger partial charge in [-0.3, -0.25) is 0 Å². The number of anilines is 2. The summed E-state index contributed by atoms with van der Waals surface area (Å²) < 4.78 is 0. The summed E-state index contributed by atoms with van der Waals surface area (Å²) in [5.74, 6) is 0.613. The molecule has 0 amide bonds. The minimum atomic E-state index is 0.613. The number of nitrogens with two attached hydrogens (primary N) is 1. The molecule has 0 spiro atoms. The highest BCUT2D eigenvalue weighted by Gasteiger charge is 2.25. The van der Waals surface area contributed by atoms with E-state index in [4.69, 9.17) is 17.3 Å². The zero-order chi connectivity index (χ0) is 14.8. The molecule has 1 heterocycles. The van der Waals surface area contributed by atoms with Crippen molar-refractivity contribution in [1.82, 2.24) is 0 Å². The lowest BCUT2D eigenvalue weighted by atomic mass is 9.92. The Balaban J connectivity index is 2.12. The number of halogens is 1. The van der Waals surface area contributed by atoms with Crippen molar-refractivity contribution in [2.24, 2.45) is 11.7 Å². The number of para-hydroxylation sites is 2. The molecule has 2 nitrogen and oxygen atoms in total. The van der Waals surface area contributed by atoms with E-state index in [-0.39, 0.29) is 0 Å². The summed E-state index contributed by atoms with van der Waals surface area (Å²) in [7, 11) is 0. The van der Waals surface area contributed by atoms with Crippen LogP contribution in [0.2, 0.25) is 5.02 Å². The van der Waals surface area contributed by atoms with Gasteiger partial charge in [0.2, 0.25) is 0 Å². The van der Waals surface area contributed by atoms with Crippen LogP contribution in [0, 0.1) is 5.92 Å². The first-order chi connectivity index (χ1) is 10.2. The molecule has 0 saturated carbocycles. The van der Waals surface area contributed by atoms with E-state index in [0.29, 0.717) is 12.5 Å². The molecule has 0 aliphatic carbocycles. The predicted octanol–water partition coefficient (Wildman–Crippen LogP) is 4.17. The Labute approximate surface area is 131 Å². The lowest BCUT2D eigenvalue weighted by Gasteiger charge is -2.36. The molecular formula is C18H21ClN2. The van der Waals surface area contributed by atoms with Crippen LogP contribution in [0.15, 0.2) is 42.5 Å². The maximum Gasteiger partial charge on any atom is 0.0645 e. The quantitative estimate of drug-likeness (QED) is 0.922. The van der Waals surface area contributed by atoms with Crippen LogP contribution in [-0.2, 0) is 12.8 Å². The highest BCUT2D eigenvalue weighted by molar-refractivity contribution is 6.33. The second kappa shape index (κ2) is 6.08. The summed E-state index contributed by atoms with van der Waals surface area (Å²) in [5.41, 5.74) is 10.8. The molecule has 2 aromatic rings. The molecule has 2 aromatic carbocycles. The highest BCUT2D eigenvalue weighted by Crippen LogP contribution is 2.40. The minimum absolute atomic E-state index is 0.613. The first kappa shape index (κ1) is 14.4. The Morgan fingerprint density at radius 3 is 2.81 bits per heavy atom. The van der Waals surface area contributed by atoms with Crippen molar-refractivity contribution in [2.45, 2.75) is 19.8 Å². The fourth-order valence-electron chi connectivity index (χ4n) is 3.23. The second-order valence-corrected chi connectivity index (χ2v) is 6.24. The van der Waals surface area contributed by atoms with E-state index in [1.807, 2.05) is 12.1 Å². The lowest BCUT2D eigenvalue weighted by Crippen LogP contribution is -2.31. The molecule has 0 aromatic heterocycles. The summed E-state index contributed by atoms with van der Waals surface area (Å²) in [6.45, 7) is 3.93. The molecule has 3 rings (SSSR count). The van der Waals surface area contributed by atoms with Gasteiger partial charge >= 0.3 is 0 Å². The maximum absolute atomic E-state index is 6.53. The van der Waals surface area contributed by atoms with Gasteiger partial charge in [-0.1, -0.05) is 48.9 Å². The number of rotatable bonds is 3. The van der Waals surface area contributed by atoms with Gasteiger partial charge in [-0.2, -0.15) is 0 Å². The van der Waals surface area contributed by atoms with Gasteiger partial charge < -0.3 is 10.6 Å². The van der Waals surface area contributed by atoms with Gasteiger partial charge in [0.15, 0.2) is 0 Å². The second-order valence-electron chi connectivity index (χ2n) is 5.83. The number of benzene rings is 2. The molecule has 1 aliphatic rings. The van der Waals surface area contributed by atoms with Crippen LogP contribution in [0.1, 0.15) is 18.1 Å². The molecule has 21 heavy (non-hydrogen) atoms. The molecule has 0 bridgehead atoms. The van der Waals surface area contributed by atoms with Crippen LogP contribution in [0.25, 0.3) is 0 Å². The lowest BCUT2D eigenvalue weighted by molar-refractivity contribution is 0.561. The van der Waals surface area contributed by atoms with E-state index in [9.17, 15) is 0 Å². The van der Waals surface area contributed by atoms with Crippen LogP contribution in [0.4, 0.5) is 11.4 Å². The Kier molecular flexibility index (Phi) is 4.18. The molecule has 2 N–H and O–H groups in total. The fourth-order valence-corrected chi connectivity index (χ4v) is 3.52. The van der Waals surface area contributed by atoms with Crippen LogP contribution in [0.5, 0.6) is 0 Å². The van der Waals surface area contributed by atoms with Gasteiger partial charge in [-0.15, -0.1) is 0 Å². The van der Waals surface area contributed by atoms with Gasteiger partial charge in [0.25, 0.3) is 0 Å². The predicted molar refractivity (Wildman–Crippen MR) is 90.5 cm³/mol. The van der Waals surface area contributed by atoms with E-state index in [1.165, 1.54) is 16.8 Å². The van der Waals surface area contributed by atoms with E-state index in [0.717, 1.165) is 30.1 Å². The standard InChI is InChI=1S/C18H21ClN2/c1-13-11-15-5-2-3-8-17(15)21(12-13)18-14(9-10-20)6-4-7-16(18)19/h2-8,13H,9-12,20H2,1H3. The average Bonchev–Trinajstić information content (AvgIpc) is 2.47. The molecule has 0 saturated heterocycles. The number of nitrogens with zero attached hydrogens (tertiary/aromatic N) is 1. The van der Waals surface area contributed by atoms with Gasteiger partial charge in [-0.25, -0.2) is 0 Å². The van der Waals surface area contributed by atoms with Gasteiger partial charge in [0, 0.05) is 12.2 Å². The van der Waals surface area contributed by atoms with Crippen LogP contribution in [-0.4, -0.2) is 13.1 Å². The van der Waals surface area contributed by atoms with E-state index < -0.39 is 0 Å². The largest absolute Gasteiger partial charge is 0.340 e. The molecular weight excluding hydrogens is 280 g/mol. The molecule has 0 fully saturated rings. The van der Waals surface area contributed by atoms with Crippen molar-refractivity contribution in [3.05, 3.63) is 58.6 Å². The summed E-state index contributed by atoms with van der Waals surface area (Å²) in [4.78, 5) is 2.37. The summed E-state index contributed by atoms with van der Waals surface area (Å²) in [6, 6.07) is 14.7. The first-order valence-electron chi connectivity index (χ1n) is 7.53. The van der Waals surface area contributed by atoms with E-state index in [1.54, 1.807) is 0 Å². The fraction of sp³-hybridized carbons (Fsp3) is 0.333. The average molecular weight is 301 g/mol. The Morgan fingerprint density at radius 2 is 2.00 bits per heavy atom. The van der Waals surface area contributed by atoms with Crippen molar-refractivity contribution < 1.29 is 0 Å². The molecule has 3 heteroatoms. The number of hydrogen-bond donors (Lipinski definition) is 1. The number of fused-ring (bicyclic) bond motifs is 1. The molecule has 1 unspecified atom stereocenters. The molecule has 110 valence electrons. The molecule has 1 aliphatic heterocycles. The van der Waals surface area contributed by atoms with Crippen LogP contribution in [0.3, 0.4) is 0 Å². The van der Waals surface area contributed by atoms with E-state index >= 15 is 0 Å². The van der Waals surface area contributed by atoms with Gasteiger partial charge in [0.1, 0.15) is 0 Å². The van der Waals surface area contributed by atoms with Crippen molar-refractivity contribution in [3.63, 3.8) is 0 Å². The van der Waals surface area contributed by atoms with Gasteiger partial charge in [0.05, 0.1) is 10.7 Å². The van der Waals surface area contributed by atoms with Crippen molar-refractivity contribution in [2.75, 3.05) is 18.0 Å². The summed E-state index contributed by atoms with van der Waals surface area (Å²) in [6.07, 6.45) is 1.98. The third-order valence-electron chi connectivity index (χ3n) is 4.10. The first-order valence-corrected chi connectivity index (χ1v) is 7.91. The summed E-state index contributed by atoms with van der Waals surface area (Å²) in [5, 5.41) is 0.810. The number of hydrogen-bond acceptors (Lipinski definition) is 2. The van der Waals surface area contributed by atoms with Crippen molar-refractivity contribution in [3.8, 4) is 0 Å². The SMILES string of the molecule is CC1Cc2ccccc2N(c2c(Cl)cccc2CCN)C1. The van der Waals surface area contributed by atoms with E-state index in [2.05, 4.69) is 42.2 Å². The van der Waals surface area contributed by atoms with Crippen LogP contribution >= 0.6 is 11.6 Å². The van der Waals surface area contributed by atoms with Crippen molar-refractivity contribution >= 4 is 23.0 Å². The molecule has 0 radical (unpaired) electrons. The van der Waals surface area contributed by atoms with Crippen LogP contribution < -0.4 is 10.6 Å². The summed E-state index contributed by atoms with van der Waals surface area (Å²) >= 11 is 6.53. The Morgan fingerprint density at radius 1 is 1.19 bits per heavy atom. The van der Waals surface area contributed by atoms with Crippen molar-refractivity contribution in [1.29, 1.82) is 0 Å². The third-order valence-corrected chi connectivity index (χ3v) is 4.40. The monoisotopic (exact) mass is 300 g/mol. The Bertz CT molecular complexity index is 639. The topological polar surface area (TPSA) is 29.3 Å². The normalized spacial score (nSPS) is 17.7.